The average molecular weight is 340 g/mol. The van der Waals surface area contributed by atoms with Gasteiger partial charge in [-0.25, -0.2) is 13.2 Å². The number of hydrogen-bond acceptors (Lipinski definition) is 5. The lowest BCUT2D eigenvalue weighted by molar-refractivity contribution is 0.428. The molecule has 116 valence electrons. The molecule has 1 aromatic heterocycles. The normalized spacial score (nSPS) is 18.0. The minimum Gasteiger partial charge on any atom is -0.426 e. The molecule has 0 bridgehead atoms. The van der Waals surface area contributed by atoms with Crippen LogP contribution in [0.25, 0.3) is 0 Å². The second-order valence-electron chi connectivity index (χ2n) is 5.30. The maximum absolute atomic E-state index is 12.7. The Bertz CT molecular complexity index is 871. The quantitative estimate of drug-likeness (QED) is 0.905. The van der Waals surface area contributed by atoms with Gasteiger partial charge in [-0.2, -0.15) is 0 Å². The van der Waals surface area contributed by atoms with Gasteiger partial charge in [0.15, 0.2) is 9.84 Å². The number of hydrogen-bond donors (Lipinski definition) is 1. The highest BCUT2D eigenvalue weighted by atomic mass is 35.5. The Morgan fingerprint density at radius 2 is 1.91 bits per heavy atom. The number of nitrogen functional groups attached to an aromatic ring is 1. The Hall–Kier alpha value is -1.79. The van der Waals surface area contributed by atoms with E-state index < -0.39 is 20.7 Å². The van der Waals surface area contributed by atoms with Crippen molar-refractivity contribution < 1.29 is 12.8 Å². The molecule has 1 aromatic carbocycles. The van der Waals surface area contributed by atoms with Gasteiger partial charge in [0.25, 0.3) is 0 Å². The van der Waals surface area contributed by atoms with Crippen molar-refractivity contribution >= 4 is 27.1 Å². The van der Waals surface area contributed by atoms with Crippen LogP contribution in [0.3, 0.4) is 0 Å². The zero-order valence-corrected chi connectivity index (χ0v) is 13.2. The van der Waals surface area contributed by atoms with Crippen LogP contribution in [-0.4, -0.2) is 13.7 Å². The number of rotatable bonds is 2. The number of aryl methyl sites for hydroxylation is 1. The maximum Gasteiger partial charge on any atom is 0.359 e. The number of halogens is 1. The predicted octanol–water partition coefficient (Wildman–Crippen LogP) is 2.21. The number of benzene rings is 1. The third kappa shape index (κ3) is 2.64. The van der Waals surface area contributed by atoms with E-state index in [1.165, 1.54) is 18.2 Å². The van der Waals surface area contributed by atoms with E-state index in [9.17, 15) is 13.2 Å². The molecule has 0 spiro atoms. The van der Waals surface area contributed by atoms with Gasteiger partial charge in [0.05, 0.1) is 10.1 Å². The fraction of sp³-hybridized carbons (Fsp3) is 0.267. The summed E-state index contributed by atoms with van der Waals surface area (Å²) in [5, 5.41) is -0.0734. The van der Waals surface area contributed by atoms with Gasteiger partial charge in [0.1, 0.15) is 11.4 Å². The third-order valence-electron chi connectivity index (χ3n) is 3.86. The molecule has 1 unspecified atom stereocenters. The molecule has 0 saturated heterocycles. The first-order chi connectivity index (χ1) is 10.4. The molecular weight excluding hydrogens is 326 g/mol. The van der Waals surface area contributed by atoms with Crippen LogP contribution in [0.2, 0.25) is 5.02 Å². The van der Waals surface area contributed by atoms with E-state index in [-0.39, 0.29) is 17.0 Å². The van der Waals surface area contributed by atoms with Crippen molar-refractivity contribution in [1.29, 1.82) is 0 Å². The molecule has 3 rings (SSSR count). The van der Waals surface area contributed by atoms with Crippen molar-refractivity contribution in [2.45, 2.75) is 29.4 Å². The molecule has 0 amide bonds. The zero-order valence-electron chi connectivity index (χ0n) is 11.6. The molecule has 0 radical (unpaired) electrons. The zero-order chi connectivity index (χ0) is 15.9. The summed E-state index contributed by atoms with van der Waals surface area (Å²) in [7, 11) is -3.46. The minimum atomic E-state index is -3.46. The topological polar surface area (TPSA) is 90.4 Å². The molecular formula is C15H14ClNO4S. The average Bonchev–Trinajstić information content (AvgIpc) is 2.48. The van der Waals surface area contributed by atoms with E-state index in [1.54, 1.807) is 12.1 Å². The van der Waals surface area contributed by atoms with Crippen LogP contribution in [0.1, 0.15) is 17.7 Å². The van der Waals surface area contributed by atoms with Crippen molar-refractivity contribution in [3.05, 3.63) is 57.1 Å². The van der Waals surface area contributed by atoms with E-state index in [2.05, 4.69) is 0 Å². The second kappa shape index (κ2) is 5.44. The lowest BCUT2D eigenvalue weighted by Gasteiger charge is -2.23. The first kappa shape index (κ1) is 15.1. The Labute approximate surface area is 132 Å². The number of sulfone groups is 1. The molecule has 0 fully saturated rings. The Morgan fingerprint density at radius 1 is 1.23 bits per heavy atom. The molecule has 1 atom stereocenters. The summed E-state index contributed by atoms with van der Waals surface area (Å²) in [4.78, 5) is 11.6. The Balaban J connectivity index is 1.95. The van der Waals surface area contributed by atoms with Gasteiger partial charge in [-0.1, -0.05) is 11.6 Å². The molecule has 2 N–H and O–H groups in total. The largest absolute Gasteiger partial charge is 0.426 e. The fourth-order valence-electron chi connectivity index (χ4n) is 2.67. The lowest BCUT2D eigenvalue weighted by Crippen LogP contribution is -2.29. The van der Waals surface area contributed by atoms with Crippen LogP contribution >= 0.6 is 11.6 Å². The molecule has 1 heterocycles. The van der Waals surface area contributed by atoms with Crippen LogP contribution < -0.4 is 11.4 Å². The van der Waals surface area contributed by atoms with Crippen LogP contribution in [0.4, 0.5) is 5.69 Å². The highest BCUT2D eigenvalue weighted by molar-refractivity contribution is 7.92. The van der Waals surface area contributed by atoms with Crippen molar-refractivity contribution in [2.24, 2.45) is 0 Å². The number of anilines is 1. The summed E-state index contributed by atoms with van der Waals surface area (Å²) < 4.78 is 30.5. The predicted molar refractivity (Wildman–Crippen MR) is 83.8 cm³/mol. The summed E-state index contributed by atoms with van der Waals surface area (Å²) in [6.07, 6.45) is 1.10. The summed E-state index contributed by atoms with van der Waals surface area (Å²) >= 11 is 5.80. The first-order valence-corrected chi connectivity index (χ1v) is 8.71. The van der Waals surface area contributed by atoms with Gasteiger partial charge < -0.3 is 10.2 Å². The van der Waals surface area contributed by atoms with Crippen molar-refractivity contribution in [3.8, 4) is 0 Å². The summed E-state index contributed by atoms with van der Waals surface area (Å²) in [6.45, 7) is 0. The van der Waals surface area contributed by atoms with Gasteiger partial charge in [0, 0.05) is 11.4 Å². The van der Waals surface area contributed by atoms with Gasteiger partial charge in [0.2, 0.25) is 0 Å². The van der Waals surface area contributed by atoms with Gasteiger partial charge in [-0.3, -0.25) is 0 Å². The molecule has 7 heteroatoms. The standard InChI is InChI=1S/C15H14ClNO4S/c16-10-1-3-11(4-2-10)22(19,20)12-5-6-14-9(7-12)8-13(17)15(18)21-14/h1-4,8,12H,5-7,17H2. The third-order valence-corrected chi connectivity index (χ3v) is 6.32. The highest BCUT2D eigenvalue weighted by Gasteiger charge is 2.32. The summed E-state index contributed by atoms with van der Waals surface area (Å²) in [5.74, 6) is 0.529. The Morgan fingerprint density at radius 3 is 2.59 bits per heavy atom. The minimum absolute atomic E-state index is 0.00305. The molecule has 22 heavy (non-hydrogen) atoms. The SMILES string of the molecule is Nc1cc2c(oc1=O)CCC(S(=O)(=O)c1ccc(Cl)cc1)C2. The number of nitrogens with two attached hydrogens (primary N) is 1. The monoisotopic (exact) mass is 339 g/mol. The van der Waals surface area contributed by atoms with Crippen LogP contribution in [0, 0.1) is 0 Å². The van der Waals surface area contributed by atoms with Crippen molar-refractivity contribution in [1.82, 2.24) is 0 Å². The molecule has 2 aromatic rings. The maximum atomic E-state index is 12.7. The van der Waals surface area contributed by atoms with Crippen LogP contribution in [0.5, 0.6) is 0 Å². The lowest BCUT2D eigenvalue weighted by atomic mass is 9.97. The molecule has 0 saturated carbocycles. The van der Waals surface area contributed by atoms with E-state index in [0.717, 1.165) is 0 Å². The van der Waals surface area contributed by atoms with Gasteiger partial charge in [-0.05, 0) is 48.7 Å². The van der Waals surface area contributed by atoms with Gasteiger partial charge >= 0.3 is 5.63 Å². The first-order valence-electron chi connectivity index (χ1n) is 6.79. The molecule has 5 nitrogen and oxygen atoms in total. The van der Waals surface area contributed by atoms with Crippen molar-refractivity contribution in [3.63, 3.8) is 0 Å². The van der Waals surface area contributed by atoms with Gasteiger partial charge in [-0.15, -0.1) is 0 Å². The molecule has 1 aliphatic rings. The molecule has 1 aliphatic carbocycles. The van der Waals surface area contributed by atoms with E-state index in [0.29, 0.717) is 29.2 Å². The van der Waals surface area contributed by atoms with Crippen LogP contribution in [-0.2, 0) is 22.7 Å². The Kier molecular flexibility index (Phi) is 3.74. The molecule has 0 aliphatic heterocycles. The smallest absolute Gasteiger partial charge is 0.359 e. The van der Waals surface area contributed by atoms with E-state index in [4.69, 9.17) is 21.8 Å². The van der Waals surface area contributed by atoms with E-state index in [1.807, 2.05) is 0 Å². The van der Waals surface area contributed by atoms with E-state index >= 15 is 0 Å². The summed E-state index contributed by atoms with van der Waals surface area (Å²) in [5.41, 5.74) is 5.67. The van der Waals surface area contributed by atoms with Crippen molar-refractivity contribution in [2.75, 3.05) is 5.73 Å². The highest BCUT2D eigenvalue weighted by Crippen LogP contribution is 2.29. The van der Waals surface area contributed by atoms with Crippen LogP contribution in [0.15, 0.2) is 44.4 Å². The summed E-state index contributed by atoms with van der Waals surface area (Å²) in [6, 6.07) is 7.65. The fourth-order valence-corrected chi connectivity index (χ4v) is 4.52. The second-order valence-corrected chi connectivity index (χ2v) is 7.97. The number of fused-ring (bicyclic) bond motifs is 1.